The van der Waals surface area contributed by atoms with Gasteiger partial charge in [0.15, 0.2) is 0 Å². The summed E-state index contributed by atoms with van der Waals surface area (Å²) in [6.45, 7) is -1.16. The molecule has 3 aliphatic heterocycles. The Hall–Kier alpha value is -5.78. The summed E-state index contributed by atoms with van der Waals surface area (Å²) in [5.41, 5.74) is 6.57. The van der Waals surface area contributed by atoms with Gasteiger partial charge < -0.3 is 68.2 Å². The molecule has 9 atom stereocenters. The fourth-order valence-corrected chi connectivity index (χ4v) is 9.62. The van der Waals surface area contributed by atoms with Gasteiger partial charge in [0.1, 0.15) is 36.3 Å². The van der Waals surface area contributed by atoms with Crippen LogP contribution in [0.15, 0.2) is 29.3 Å². The van der Waals surface area contributed by atoms with Crippen molar-refractivity contribution >= 4 is 75.8 Å². The topological polar surface area (TPSA) is 344 Å². The summed E-state index contributed by atoms with van der Waals surface area (Å²) in [6, 6.07) is -1.96. The van der Waals surface area contributed by atoms with Gasteiger partial charge in [-0.3, -0.25) is 43.2 Å². The van der Waals surface area contributed by atoms with Crippen LogP contribution < -0.4 is 43.0 Å². The maximum absolute atomic E-state index is 14.4. The number of H-pyrrole nitrogens is 1. The number of aliphatic hydroxyl groups is 3. The number of nitrogens with zero attached hydrogens (tertiary/aromatic N) is 1. The zero-order valence-electron chi connectivity index (χ0n) is 34.5. The van der Waals surface area contributed by atoms with Crippen molar-refractivity contribution < 1.29 is 58.5 Å². The molecule has 6 rings (SSSR count). The average Bonchev–Trinajstić information content (AvgIpc) is 4.01. The van der Waals surface area contributed by atoms with Crippen molar-refractivity contribution in [3.63, 3.8) is 0 Å². The van der Waals surface area contributed by atoms with Crippen molar-refractivity contribution in [3.05, 3.63) is 29.8 Å². The molecule has 2 fully saturated rings. The first-order chi connectivity index (χ1) is 30.0. The number of aromatic nitrogens is 1. The Morgan fingerprint density at radius 1 is 0.857 bits per heavy atom. The van der Waals surface area contributed by atoms with Crippen molar-refractivity contribution in [1.82, 2.24) is 47.1 Å². The number of hydrogen-bond acceptors (Lipinski definition) is 13. The van der Waals surface area contributed by atoms with Gasteiger partial charge in [-0.25, -0.2) is 0 Å². The number of nitrogens with one attached hydrogen (secondary N) is 8. The summed E-state index contributed by atoms with van der Waals surface area (Å²) in [5, 5.41) is 50.3. The van der Waals surface area contributed by atoms with Crippen LogP contribution in [0, 0.1) is 11.8 Å². The molecule has 4 aliphatic rings. The van der Waals surface area contributed by atoms with Crippen molar-refractivity contribution in [1.29, 1.82) is 0 Å². The summed E-state index contributed by atoms with van der Waals surface area (Å²) in [4.78, 5) is 128. The molecule has 9 amide bonds. The molecule has 2 bridgehead atoms. The third kappa shape index (κ3) is 11.2. The highest BCUT2D eigenvalue weighted by Crippen LogP contribution is 2.32. The predicted octanol–water partition coefficient (Wildman–Crippen LogP) is -4.50. The second kappa shape index (κ2) is 20.6. The number of aliphatic hydroxyl groups excluding tert-OH is 3. The van der Waals surface area contributed by atoms with Gasteiger partial charge >= 0.3 is 0 Å². The highest BCUT2D eigenvalue weighted by molar-refractivity contribution is 7.99. The highest BCUT2D eigenvalue weighted by Gasteiger charge is 2.45. The number of hydrogen-bond donors (Lipinski definition) is 12. The minimum atomic E-state index is -1.71. The van der Waals surface area contributed by atoms with Gasteiger partial charge in [-0.05, 0) is 30.4 Å². The highest BCUT2D eigenvalue weighted by atomic mass is 32.2. The maximum Gasteiger partial charge on any atom is 0.246 e. The summed E-state index contributed by atoms with van der Waals surface area (Å²) in [5.74, 6) is -9.81. The second-order valence-corrected chi connectivity index (χ2v) is 17.5. The van der Waals surface area contributed by atoms with E-state index < -0.39 is 140 Å². The number of fused-ring (bicyclic) bond motifs is 5. The number of primary amides is 1. The number of aromatic amines is 1. The Labute approximate surface area is 365 Å². The molecular weight excluding hydrogens is 845 g/mol. The monoisotopic (exact) mass is 898 g/mol. The minimum absolute atomic E-state index is 0.237. The molecule has 13 N–H and O–H groups in total. The SMILES string of the molecule is C[C@H]([C@@H]1NC(=O)[C@@H]2C[C@@H](O)CN2C(=O)[C@H](CC(N)=O)NC(=O)[C@@H]2CSc3[nH]c4ccccc4c3C[C@H](NC1=O)C(=O)NCC(=O)N[C@H](C1CCCC1)C(=O)NCC(=O)N2)[C@@H](O)CO. The number of thioether (sulfide) groups is 1. The van der Waals surface area contributed by atoms with Crippen LogP contribution in [0.4, 0.5) is 0 Å². The molecule has 0 spiro atoms. The molecule has 0 radical (unpaired) electrons. The Morgan fingerprint density at radius 3 is 2.24 bits per heavy atom. The van der Waals surface area contributed by atoms with E-state index in [2.05, 4.69) is 42.2 Å². The molecule has 22 nitrogen and oxygen atoms in total. The number of benzene rings is 1. The van der Waals surface area contributed by atoms with Crippen LogP contribution in [0.3, 0.4) is 0 Å². The zero-order chi connectivity index (χ0) is 45.5. The molecule has 1 saturated carbocycles. The lowest BCUT2D eigenvalue weighted by Crippen LogP contribution is -2.62. The third-order valence-electron chi connectivity index (χ3n) is 12.0. The van der Waals surface area contributed by atoms with E-state index in [1.807, 2.05) is 0 Å². The van der Waals surface area contributed by atoms with Crippen molar-refractivity contribution in [2.75, 3.05) is 32.0 Å². The molecular formula is C40H54N10O12S. The lowest BCUT2D eigenvalue weighted by atomic mass is 9.93. The van der Waals surface area contributed by atoms with Crippen LogP contribution in [0.25, 0.3) is 10.9 Å². The first-order valence-corrected chi connectivity index (χ1v) is 21.9. The number of nitrogens with two attached hydrogens (primary N) is 1. The van der Waals surface area contributed by atoms with Gasteiger partial charge in [-0.2, -0.15) is 0 Å². The zero-order valence-corrected chi connectivity index (χ0v) is 35.3. The molecule has 2 aromatic rings. The summed E-state index contributed by atoms with van der Waals surface area (Å²) >= 11 is 1.03. The van der Waals surface area contributed by atoms with Gasteiger partial charge in [0.05, 0.1) is 43.4 Å². The quantitative estimate of drug-likeness (QED) is 0.130. The van der Waals surface area contributed by atoms with Crippen LogP contribution >= 0.6 is 11.8 Å². The fourth-order valence-electron chi connectivity index (χ4n) is 8.50. The normalized spacial score (nSPS) is 28.6. The number of rotatable bonds is 6. The molecule has 1 saturated heterocycles. The molecule has 63 heavy (non-hydrogen) atoms. The van der Waals surface area contributed by atoms with E-state index in [4.69, 9.17) is 5.73 Å². The van der Waals surface area contributed by atoms with E-state index in [0.29, 0.717) is 34.3 Å². The largest absolute Gasteiger partial charge is 0.394 e. The summed E-state index contributed by atoms with van der Waals surface area (Å²) in [7, 11) is 0. The minimum Gasteiger partial charge on any atom is -0.394 e. The number of carbonyl (C=O) groups excluding carboxylic acids is 9. The smallest absolute Gasteiger partial charge is 0.246 e. The van der Waals surface area contributed by atoms with Gasteiger partial charge in [-0.1, -0.05) is 38.0 Å². The maximum atomic E-state index is 14.4. The Balaban J connectivity index is 1.48. The van der Waals surface area contributed by atoms with E-state index in [9.17, 15) is 58.5 Å². The summed E-state index contributed by atoms with van der Waals surface area (Å²) in [6.07, 6.45) is -1.44. The first kappa shape index (κ1) is 46.7. The number of carbonyl (C=O) groups is 9. The van der Waals surface area contributed by atoms with Gasteiger partial charge in [0.25, 0.3) is 0 Å². The number of amides is 9. The molecule has 1 aliphatic carbocycles. The van der Waals surface area contributed by atoms with E-state index in [1.54, 1.807) is 24.3 Å². The van der Waals surface area contributed by atoms with Crippen LogP contribution in [0.5, 0.6) is 0 Å². The average molecular weight is 899 g/mol. The fraction of sp³-hybridized carbons (Fsp3) is 0.575. The van der Waals surface area contributed by atoms with Crippen LogP contribution in [0.1, 0.15) is 51.0 Å². The molecule has 0 unspecified atom stereocenters. The molecule has 23 heteroatoms. The second-order valence-electron chi connectivity index (χ2n) is 16.4. The van der Waals surface area contributed by atoms with Crippen molar-refractivity contribution in [2.24, 2.45) is 17.6 Å². The molecule has 1 aromatic carbocycles. The molecule has 4 heterocycles. The third-order valence-corrected chi connectivity index (χ3v) is 13.1. The van der Waals surface area contributed by atoms with E-state index in [0.717, 1.165) is 29.5 Å². The van der Waals surface area contributed by atoms with E-state index >= 15 is 0 Å². The Kier molecular flexibility index (Phi) is 15.3. The molecule has 1 aromatic heterocycles. The van der Waals surface area contributed by atoms with E-state index in [1.165, 1.54) is 6.92 Å². The van der Waals surface area contributed by atoms with Crippen molar-refractivity contribution in [2.45, 2.75) is 105 Å². The van der Waals surface area contributed by atoms with Gasteiger partial charge in [-0.15, -0.1) is 11.8 Å². The van der Waals surface area contributed by atoms with Gasteiger partial charge in [0.2, 0.25) is 53.2 Å². The van der Waals surface area contributed by atoms with E-state index in [-0.39, 0.29) is 24.5 Å². The van der Waals surface area contributed by atoms with Crippen LogP contribution in [-0.4, -0.2) is 159 Å². The lowest BCUT2D eigenvalue weighted by Gasteiger charge is -2.32. The Bertz CT molecular complexity index is 2110. The van der Waals surface area contributed by atoms with Crippen LogP contribution in [-0.2, 0) is 49.6 Å². The predicted molar refractivity (Wildman–Crippen MR) is 223 cm³/mol. The summed E-state index contributed by atoms with van der Waals surface area (Å²) < 4.78 is 0. The number of para-hydroxylation sites is 1. The lowest BCUT2D eigenvalue weighted by molar-refractivity contribution is -0.144. The Morgan fingerprint density at radius 2 is 1.54 bits per heavy atom. The van der Waals surface area contributed by atoms with Gasteiger partial charge in [0, 0.05) is 42.0 Å². The first-order valence-electron chi connectivity index (χ1n) is 20.9. The van der Waals surface area contributed by atoms with Crippen molar-refractivity contribution in [3.8, 4) is 0 Å². The standard InChI is InChI=1S/C40H54N10O12S/c1-18(28(53)16-51)32-38(61)45-24-11-22-21-8-4-5-9-23(21)47-39(22)63-17-26(35(58)46-25(12-29(41)54)40(62)50-15-20(52)10-27(50)36(59)49-32)44-30(55)13-43-37(60)33(19-6-2-3-7-19)48-31(56)14-42-34(24)57/h4-5,8-9,18-20,24-28,32-33,47,51-53H,2-3,6-7,10-17H2,1H3,(H2,41,54)(H,42,57)(H,43,60)(H,44,55)(H,45,61)(H,46,58)(H,48,56)(H,49,59)/t18-,20+,24-,25-,26-,27-,28-,32-,33+/m0/s1. The van der Waals surface area contributed by atoms with Crippen LogP contribution in [0.2, 0.25) is 0 Å². The molecule has 342 valence electrons.